The number of benzene rings is 2. The molecule has 24 heavy (non-hydrogen) atoms. The van der Waals surface area contributed by atoms with Crippen LogP contribution >= 0.6 is 0 Å². The summed E-state index contributed by atoms with van der Waals surface area (Å²) in [6.07, 6.45) is 2.48. The molecule has 1 amide bonds. The van der Waals surface area contributed by atoms with Crippen molar-refractivity contribution in [3.63, 3.8) is 0 Å². The molecule has 0 N–H and O–H groups in total. The monoisotopic (exact) mass is 314 g/mol. The van der Waals surface area contributed by atoms with Crippen LogP contribution in [0, 0.1) is 6.92 Å². The molecule has 0 saturated heterocycles. The van der Waals surface area contributed by atoms with Crippen molar-refractivity contribution < 1.29 is 4.79 Å². The zero-order valence-corrected chi connectivity index (χ0v) is 13.5. The molecule has 0 saturated carbocycles. The van der Waals surface area contributed by atoms with Crippen LogP contribution in [0.4, 0.5) is 5.69 Å². The molecular weight excluding hydrogens is 296 g/mol. The molecular formula is C21H18N2O. The number of pyridine rings is 1. The van der Waals surface area contributed by atoms with Crippen LogP contribution in [0.5, 0.6) is 0 Å². The van der Waals surface area contributed by atoms with Crippen LogP contribution in [0.1, 0.15) is 33.2 Å². The van der Waals surface area contributed by atoms with E-state index in [1.807, 2.05) is 59.5 Å². The van der Waals surface area contributed by atoms with Gasteiger partial charge in [-0.3, -0.25) is 9.78 Å². The highest BCUT2D eigenvalue weighted by Crippen LogP contribution is 2.36. The number of rotatable bonds is 2. The van der Waals surface area contributed by atoms with Crippen molar-refractivity contribution in [3.8, 4) is 0 Å². The number of amides is 1. The second-order valence-corrected chi connectivity index (χ2v) is 6.14. The predicted molar refractivity (Wildman–Crippen MR) is 95.1 cm³/mol. The lowest BCUT2D eigenvalue weighted by Gasteiger charge is -2.36. The first-order valence-electron chi connectivity index (χ1n) is 8.13. The first-order chi connectivity index (χ1) is 11.7. The second-order valence-electron chi connectivity index (χ2n) is 6.14. The standard InChI is InChI=1S/C21H18N2O/c1-15-9-11-17(12-10-15)23-20(16-6-3-2-4-7-16)14-19-18(21(23)24)8-5-13-22-19/h2-13,20H,14H2,1H3. The van der Waals surface area contributed by atoms with Crippen molar-refractivity contribution >= 4 is 11.6 Å². The molecule has 0 radical (unpaired) electrons. The van der Waals surface area contributed by atoms with Crippen LogP contribution in [0.3, 0.4) is 0 Å². The molecule has 1 aromatic heterocycles. The zero-order chi connectivity index (χ0) is 16.5. The molecule has 118 valence electrons. The lowest BCUT2D eigenvalue weighted by Crippen LogP contribution is -2.41. The Kier molecular flexibility index (Phi) is 3.62. The van der Waals surface area contributed by atoms with Crippen molar-refractivity contribution in [2.45, 2.75) is 19.4 Å². The van der Waals surface area contributed by atoms with Gasteiger partial charge < -0.3 is 4.90 Å². The Hall–Kier alpha value is -2.94. The third kappa shape index (κ3) is 2.48. The van der Waals surface area contributed by atoms with Gasteiger partial charge in [-0.2, -0.15) is 0 Å². The molecule has 2 heterocycles. The molecule has 1 aliphatic rings. The molecule has 0 fully saturated rings. The molecule has 1 unspecified atom stereocenters. The number of hydrogen-bond donors (Lipinski definition) is 0. The third-order valence-corrected chi connectivity index (χ3v) is 4.53. The van der Waals surface area contributed by atoms with Gasteiger partial charge in [0.05, 0.1) is 17.3 Å². The third-order valence-electron chi connectivity index (χ3n) is 4.53. The van der Waals surface area contributed by atoms with Crippen LogP contribution in [-0.2, 0) is 6.42 Å². The van der Waals surface area contributed by atoms with Gasteiger partial charge in [-0.15, -0.1) is 0 Å². The highest BCUT2D eigenvalue weighted by Gasteiger charge is 2.34. The first-order valence-corrected chi connectivity index (χ1v) is 8.13. The van der Waals surface area contributed by atoms with Crippen LogP contribution in [0.2, 0.25) is 0 Å². The van der Waals surface area contributed by atoms with Crippen molar-refractivity contribution in [1.29, 1.82) is 0 Å². The van der Waals surface area contributed by atoms with Crippen molar-refractivity contribution in [3.05, 3.63) is 95.3 Å². The SMILES string of the molecule is Cc1ccc(N2C(=O)c3cccnc3CC2c2ccccc2)cc1. The smallest absolute Gasteiger partial charge is 0.260 e. The van der Waals surface area contributed by atoms with Crippen molar-refractivity contribution in [2.75, 3.05) is 4.90 Å². The maximum atomic E-state index is 13.2. The van der Waals surface area contributed by atoms with Crippen LogP contribution in [0.25, 0.3) is 0 Å². The van der Waals surface area contributed by atoms with Gasteiger partial charge in [0.2, 0.25) is 0 Å². The summed E-state index contributed by atoms with van der Waals surface area (Å²) in [6, 6.07) is 22.0. The number of hydrogen-bond acceptors (Lipinski definition) is 2. The van der Waals surface area contributed by atoms with E-state index >= 15 is 0 Å². The van der Waals surface area contributed by atoms with Crippen LogP contribution in [0.15, 0.2) is 72.9 Å². The van der Waals surface area contributed by atoms with E-state index in [2.05, 4.69) is 24.0 Å². The Bertz CT molecular complexity index is 872. The van der Waals surface area contributed by atoms with E-state index in [1.165, 1.54) is 5.56 Å². The number of aromatic nitrogens is 1. The Labute approximate surface area is 141 Å². The number of nitrogens with zero attached hydrogens (tertiary/aromatic N) is 2. The molecule has 0 aliphatic carbocycles. The minimum absolute atomic E-state index is 0.0158. The Morgan fingerprint density at radius 1 is 0.958 bits per heavy atom. The van der Waals surface area contributed by atoms with Crippen molar-refractivity contribution in [1.82, 2.24) is 4.98 Å². The highest BCUT2D eigenvalue weighted by atomic mass is 16.2. The number of carbonyl (C=O) groups is 1. The molecule has 2 aromatic carbocycles. The van der Waals surface area contributed by atoms with E-state index in [-0.39, 0.29) is 11.9 Å². The fourth-order valence-electron chi connectivity index (χ4n) is 3.29. The summed E-state index contributed by atoms with van der Waals surface area (Å²) in [5.74, 6) is 0.0158. The largest absolute Gasteiger partial charge is 0.300 e. The molecule has 3 heteroatoms. The molecule has 0 bridgehead atoms. The minimum atomic E-state index is -0.0381. The molecule has 0 spiro atoms. The number of fused-ring (bicyclic) bond motifs is 1. The zero-order valence-electron chi connectivity index (χ0n) is 13.5. The Morgan fingerprint density at radius 2 is 1.71 bits per heavy atom. The second kappa shape index (κ2) is 5.93. The maximum absolute atomic E-state index is 13.2. The first kappa shape index (κ1) is 14.6. The molecule has 3 nitrogen and oxygen atoms in total. The van der Waals surface area contributed by atoms with E-state index < -0.39 is 0 Å². The molecule has 4 rings (SSSR count). The van der Waals surface area contributed by atoms with Gasteiger partial charge in [0.15, 0.2) is 0 Å². The van der Waals surface area contributed by atoms with Crippen LogP contribution in [-0.4, -0.2) is 10.9 Å². The summed E-state index contributed by atoms with van der Waals surface area (Å²) in [5, 5.41) is 0. The van der Waals surface area contributed by atoms with Gasteiger partial charge in [-0.1, -0.05) is 48.0 Å². The van der Waals surface area contributed by atoms with E-state index in [9.17, 15) is 4.79 Å². The molecule has 1 aliphatic heterocycles. The summed E-state index contributed by atoms with van der Waals surface area (Å²) in [5.41, 5.74) is 4.81. The van der Waals surface area contributed by atoms with Crippen LogP contribution < -0.4 is 4.90 Å². The van der Waals surface area contributed by atoms with Gasteiger partial charge in [0, 0.05) is 18.3 Å². The Balaban J connectivity index is 1.86. The Morgan fingerprint density at radius 3 is 2.46 bits per heavy atom. The lowest BCUT2D eigenvalue weighted by atomic mass is 9.92. The summed E-state index contributed by atoms with van der Waals surface area (Å²) in [6.45, 7) is 2.05. The summed E-state index contributed by atoms with van der Waals surface area (Å²) >= 11 is 0. The van der Waals surface area contributed by atoms with Gasteiger partial charge in [0.25, 0.3) is 5.91 Å². The quantitative estimate of drug-likeness (QED) is 0.705. The average molecular weight is 314 g/mol. The van der Waals surface area contributed by atoms with Gasteiger partial charge in [-0.25, -0.2) is 0 Å². The fourth-order valence-corrected chi connectivity index (χ4v) is 3.29. The fraction of sp³-hybridized carbons (Fsp3) is 0.143. The van der Waals surface area contributed by atoms with Gasteiger partial charge in [0.1, 0.15) is 0 Å². The van der Waals surface area contributed by atoms with Crippen molar-refractivity contribution in [2.24, 2.45) is 0 Å². The van der Waals surface area contributed by atoms with E-state index in [0.29, 0.717) is 5.56 Å². The average Bonchev–Trinajstić information content (AvgIpc) is 2.63. The van der Waals surface area contributed by atoms with Gasteiger partial charge in [-0.05, 0) is 36.8 Å². The van der Waals surface area contributed by atoms with E-state index in [0.717, 1.165) is 23.4 Å². The molecule has 3 aromatic rings. The normalized spacial score (nSPS) is 16.8. The molecule has 1 atom stereocenters. The summed E-state index contributed by atoms with van der Waals surface area (Å²) in [7, 11) is 0. The number of carbonyl (C=O) groups excluding carboxylic acids is 1. The van der Waals surface area contributed by atoms with Gasteiger partial charge >= 0.3 is 0 Å². The maximum Gasteiger partial charge on any atom is 0.260 e. The summed E-state index contributed by atoms with van der Waals surface area (Å²) < 4.78 is 0. The van der Waals surface area contributed by atoms with E-state index in [1.54, 1.807) is 6.20 Å². The number of anilines is 1. The summed E-state index contributed by atoms with van der Waals surface area (Å²) in [4.78, 5) is 19.5. The lowest BCUT2D eigenvalue weighted by molar-refractivity contribution is 0.0966. The minimum Gasteiger partial charge on any atom is -0.300 e. The highest BCUT2D eigenvalue weighted by molar-refractivity contribution is 6.08. The topological polar surface area (TPSA) is 33.2 Å². The number of aryl methyl sites for hydroxylation is 1. The predicted octanol–water partition coefficient (Wildman–Crippen LogP) is 4.33. The van der Waals surface area contributed by atoms with E-state index in [4.69, 9.17) is 0 Å².